The maximum Gasteiger partial charge on any atom is 0.131 e. The first-order chi connectivity index (χ1) is 17.0. The van der Waals surface area contributed by atoms with Crippen molar-refractivity contribution in [3.05, 3.63) is 70.4 Å². The molecule has 3 heterocycles. The standard InChI is InChI=1S/C29H33N3O3/c1-19-4-5-22(16-30-25-6-7-26-23(8-11-33)18-35-27(26)15-25)21(3)28(19)24-14-20(2)29(31-17-24)32-9-12-34-13-10-32/h4-7,11,14-15,17,23,30H,8-10,12-13,16,18H2,1-3H3/t23-/m1/s1. The molecule has 5 rings (SSSR count). The Labute approximate surface area is 207 Å². The third-order valence-electron chi connectivity index (χ3n) is 7.19. The van der Waals surface area contributed by atoms with E-state index in [1.54, 1.807) is 0 Å². The summed E-state index contributed by atoms with van der Waals surface area (Å²) in [6.45, 7) is 11.1. The molecule has 2 aliphatic heterocycles. The van der Waals surface area contributed by atoms with Crippen LogP contribution in [0, 0.1) is 20.8 Å². The van der Waals surface area contributed by atoms with Crippen molar-refractivity contribution in [3.8, 4) is 16.9 Å². The van der Waals surface area contributed by atoms with E-state index in [1.807, 2.05) is 12.3 Å². The minimum atomic E-state index is 0.171. The lowest BCUT2D eigenvalue weighted by Crippen LogP contribution is -2.37. The first-order valence-electron chi connectivity index (χ1n) is 12.4. The highest BCUT2D eigenvalue weighted by Crippen LogP contribution is 2.37. The quantitative estimate of drug-likeness (QED) is 0.479. The lowest BCUT2D eigenvalue weighted by molar-refractivity contribution is -0.108. The number of fused-ring (bicyclic) bond motifs is 1. The third kappa shape index (κ3) is 4.76. The number of pyridine rings is 1. The number of anilines is 2. The molecule has 0 amide bonds. The van der Waals surface area contributed by atoms with Gasteiger partial charge in [0.05, 0.1) is 19.8 Å². The zero-order chi connectivity index (χ0) is 24.4. The molecular formula is C29H33N3O3. The van der Waals surface area contributed by atoms with Gasteiger partial charge in [0.1, 0.15) is 17.9 Å². The third-order valence-corrected chi connectivity index (χ3v) is 7.19. The van der Waals surface area contributed by atoms with Crippen molar-refractivity contribution in [3.63, 3.8) is 0 Å². The van der Waals surface area contributed by atoms with E-state index in [4.69, 9.17) is 14.5 Å². The normalized spacial score (nSPS) is 17.1. The summed E-state index contributed by atoms with van der Waals surface area (Å²) in [6, 6.07) is 12.9. The molecule has 6 heteroatoms. The zero-order valence-corrected chi connectivity index (χ0v) is 20.8. The van der Waals surface area contributed by atoms with Crippen molar-refractivity contribution >= 4 is 17.8 Å². The molecule has 0 unspecified atom stereocenters. The Balaban J connectivity index is 1.35. The molecule has 0 spiro atoms. The molecule has 35 heavy (non-hydrogen) atoms. The van der Waals surface area contributed by atoms with Crippen molar-refractivity contribution in [2.75, 3.05) is 43.1 Å². The number of aldehydes is 1. The first kappa shape index (κ1) is 23.4. The van der Waals surface area contributed by atoms with Gasteiger partial charge in [-0.1, -0.05) is 18.2 Å². The number of benzene rings is 2. The van der Waals surface area contributed by atoms with Crippen LogP contribution in [-0.2, 0) is 16.1 Å². The number of nitrogens with one attached hydrogen (secondary N) is 1. The lowest BCUT2D eigenvalue weighted by atomic mass is 9.92. The average Bonchev–Trinajstić information content (AvgIpc) is 3.26. The predicted octanol–water partition coefficient (Wildman–Crippen LogP) is 5.19. The van der Waals surface area contributed by atoms with Crippen LogP contribution in [0.2, 0.25) is 0 Å². The maximum absolute atomic E-state index is 10.9. The number of morpholine rings is 1. The Morgan fingerprint density at radius 1 is 1.09 bits per heavy atom. The number of hydrogen-bond acceptors (Lipinski definition) is 6. The second-order valence-electron chi connectivity index (χ2n) is 9.52. The highest BCUT2D eigenvalue weighted by Gasteiger charge is 2.24. The van der Waals surface area contributed by atoms with Crippen LogP contribution in [0.3, 0.4) is 0 Å². The number of ether oxygens (including phenoxy) is 2. The van der Waals surface area contributed by atoms with Gasteiger partial charge in [0.2, 0.25) is 0 Å². The van der Waals surface area contributed by atoms with Gasteiger partial charge in [0.25, 0.3) is 0 Å². The number of nitrogens with zero attached hydrogens (tertiary/aromatic N) is 2. The van der Waals surface area contributed by atoms with Crippen molar-refractivity contribution in [2.45, 2.75) is 39.7 Å². The Morgan fingerprint density at radius 2 is 1.91 bits per heavy atom. The summed E-state index contributed by atoms with van der Waals surface area (Å²) < 4.78 is 11.3. The van der Waals surface area contributed by atoms with Gasteiger partial charge in [-0.2, -0.15) is 0 Å². The molecule has 3 aromatic rings. The van der Waals surface area contributed by atoms with Crippen LogP contribution >= 0.6 is 0 Å². The average molecular weight is 472 g/mol. The summed E-state index contributed by atoms with van der Waals surface area (Å²) in [5, 5.41) is 3.56. The van der Waals surface area contributed by atoms with Gasteiger partial charge in [-0.3, -0.25) is 0 Å². The van der Waals surface area contributed by atoms with Gasteiger partial charge < -0.3 is 24.5 Å². The van der Waals surface area contributed by atoms with Crippen molar-refractivity contribution < 1.29 is 14.3 Å². The van der Waals surface area contributed by atoms with Crippen LogP contribution in [0.1, 0.15) is 40.2 Å². The van der Waals surface area contributed by atoms with E-state index in [0.29, 0.717) is 19.6 Å². The van der Waals surface area contributed by atoms with E-state index in [1.165, 1.54) is 27.8 Å². The van der Waals surface area contributed by atoms with E-state index in [-0.39, 0.29) is 5.92 Å². The van der Waals surface area contributed by atoms with Crippen molar-refractivity contribution in [2.24, 2.45) is 0 Å². The minimum absolute atomic E-state index is 0.171. The number of aromatic nitrogens is 1. The zero-order valence-electron chi connectivity index (χ0n) is 20.8. The number of aryl methyl sites for hydroxylation is 2. The SMILES string of the molecule is Cc1cc(-c2c(C)ccc(CNc3ccc4c(c3)OC[C@H]4CC=O)c2C)cnc1N1CCOCC1. The molecule has 2 aromatic carbocycles. The predicted molar refractivity (Wildman–Crippen MR) is 140 cm³/mol. The molecule has 1 fully saturated rings. The van der Waals surface area contributed by atoms with Gasteiger partial charge >= 0.3 is 0 Å². The molecule has 1 aromatic heterocycles. The number of carbonyl (C=O) groups excluding carboxylic acids is 1. The summed E-state index contributed by atoms with van der Waals surface area (Å²) in [7, 11) is 0. The molecule has 0 bridgehead atoms. The molecule has 1 saturated heterocycles. The van der Waals surface area contributed by atoms with Gasteiger partial charge in [0, 0.05) is 61.1 Å². The fourth-order valence-corrected chi connectivity index (χ4v) is 5.23. The molecular weight excluding hydrogens is 438 g/mol. The summed E-state index contributed by atoms with van der Waals surface area (Å²) >= 11 is 0. The van der Waals surface area contributed by atoms with Crippen molar-refractivity contribution in [1.82, 2.24) is 4.98 Å². The Kier molecular flexibility index (Phi) is 6.73. The summed E-state index contributed by atoms with van der Waals surface area (Å²) in [4.78, 5) is 18.1. The molecule has 0 saturated carbocycles. The van der Waals surface area contributed by atoms with Crippen LogP contribution in [0.4, 0.5) is 11.5 Å². The largest absolute Gasteiger partial charge is 0.493 e. The van der Waals surface area contributed by atoms with E-state index < -0.39 is 0 Å². The van der Waals surface area contributed by atoms with Crippen LogP contribution in [0.5, 0.6) is 5.75 Å². The van der Waals surface area contributed by atoms with Gasteiger partial charge in [-0.05, 0) is 60.7 Å². The first-order valence-corrected chi connectivity index (χ1v) is 12.4. The highest BCUT2D eigenvalue weighted by molar-refractivity contribution is 5.73. The Bertz CT molecular complexity index is 1230. The van der Waals surface area contributed by atoms with Gasteiger partial charge in [0.15, 0.2) is 0 Å². The number of hydrogen-bond donors (Lipinski definition) is 1. The van der Waals surface area contributed by atoms with Crippen LogP contribution in [0.25, 0.3) is 11.1 Å². The number of rotatable bonds is 7. The molecule has 6 nitrogen and oxygen atoms in total. The van der Waals surface area contributed by atoms with E-state index >= 15 is 0 Å². The second-order valence-corrected chi connectivity index (χ2v) is 9.52. The molecule has 0 aliphatic carbocycles. The lowest BCUT2D eigenvalue weighted by Gasteiger charge is -2.29. The minimum Gasteiger partial charge on any atom is -0.493 e. The van der Waals surface area contributed by atoms with Gasteiger partial charge in [-0.25, -0.2) is 4.98 Å². The second kappa shape index (κ2) is 10.1. The summed E-state index contributed by atoms with van der Waals surface area (Å²) in [5.74, 6) is 2.11. The number of carbonyl (C=O) groups is 1. The highest BCUT2D eigenvalue weighted by atomic mass is 16.5. The fourth-order valence-electron chi connectivity index (χ4n) is 5.23. The van der Waals surface area contributed by atoms with E-state index in [2.05, 4.69) is 61.3 Å². The van der Waals surface area contributed by atoms with Gasteiger partial charge in [-0.15, -0.1) is 0 Å². The fraction of sp³-hybridized carbons (Fsp3) is 0.379. The van der Waals surface area contributed by atoms with Crippen LogP contribution < -0.4 is 15.0 Å². The summed E-state index contributed by atoms with van der Waals surface area (Å²) in [5.41, 5.74) is 9.51. The topological polar surface area (TPSA) is 63.7 Å². The monoisotopic (exact) mass is 471 g/mol. The molecule has 1 N–H and O–H groups in total. The smallest absolute Gasteiger partial charge is 0.131 e. The van der Waals surface area contributed by atoms with Crippen molar-refractivity contribution in [1.29, 1.82) is 0 Å². The maximum atomic E-state index is 10.9. The molecule has 1 atom stereocenters. The molecule has 2 aliphatic rings. The Hall–Kier alpha value is -3.38. The summed E-state index contributed by atoms with van der Waals surface area (Å²) in [6.07, 6.45) is 3.49. The Morgan fingerprint density at radius 3 is 2.69 bits per heavy atom. The van der Waals surface area contributed by atoms with Crippen LogP contribution in [0.15, 0.2) is 42.6 Å². The van der Waals surface area contributed by atoms with Crippen LogP contribution in [-0.4, -0.2) is 44.2 Å². The van der Waals surface area contributed by atoms with E-state index in [9.17, 15) is 4.79 Å². The molecule has 182 valence electrons. The molecule has 0 radical (unpaired) electrons. The van der Waals surface area contributed by atoms with E-state index in [0.717, 1.165) is 61.0 Å².